The Kier molecular flexibility index (Phi) is 5.24. The number of anilines is 1. The van der Waals surface area contributed by atoms with Crippen LogP contribution in [0.25, 0.3) is 0 Å². The third-order valence-corrected chi connectivity index (χ3v) is 6.00. The number of piperidine rings is 1. The van der Waals surface area contributed by atoms with Gasteiger partial charge >= 0.3 is 0 Å². The fraction of sp³-hybridized carbons (Fsp3) is 0.562. The lowest BCUT2D eigenvalue weighted by Crippen LogP contribution is -2.44. The molecule has 1 saturated heterocycles. The van der Waals surface area contributed by atoms with Gasteiger partial charge in [0.2, 0.25) is 15.9 Å². The molecule has 1 aliphatic rings. The van der Waals surface area contributed by atoms with Gasteiger partial charge in [0.05, 0.1) is 11.7 Å². The van der Waals surface area contributed by atoms with Gasteiger partial charge in [-0.05, 0) is 45.2 Å². The van der Waals surface area contributed by atoms with Crippen molar-refractivity contribution in [3.8, 4) is 0 Å². The monoisotopic (exact) mass is 324 g/mol. The Morgan fingerprint density at radius 3 is 2.73 bits per heavy atom. The highest BCUT2D eigenvalue weighted by Gasteiger charge is 2.31. The highest BCUT2D eigenvalue weighted by molar-refractivity contribution is 7.89. The molecule has 0 unspecified atom stereocenters. The van der Waals surface area contributed by atoms with Crippen molar-refractivity contribution in [2.24, 2.45) is 5.92 Å². The van der Waals surface area contributed by atoms with E-state index in [9.17, 15) is 13.2 Å². The number of hydrogen-bond acceptors (Lipinski definition) is 3. The number of benzene rings is 1. The van der Waals surface area contributed by atoms with Crippen LogP contribution in [0, 0.1) is 19.8 Å². The molecule has 0 aromatic heterocycles. The van der Waals surface area contributed by atoms with Gasteiger partial charge in [0, 0.05) is 18.8 Å². The maximum atomic E-state index is 12.4. The minimum Gasteiger partial charge on any atom is -0.326 e. The average Bonchev–Trinajstić information content (AvgIpc) is 2.50. The SMILES string of the molecule is CCS(=O)(=O)N1CCC[C@@H](C(=O)Nc2ccc(C)cc2C)C1. The standard InChI is InChI=1S/C16H24N2O3S/c1-4-22(20,21)18-9-5-6-14(11-18)16(19)17-15-8-7-12(2)10-13(15)3/h7-8,10,14H,4-6,9,11H2,1-3H3,(H,17,19)/t14-/m1/s1. The quantitative estimate of drug-likeness (QED) is 0.924. The zero-order valence-electron chi connectivity index (χ0n) is 13.4. The van der Waals surface area contributed by atoms with E-state index in [1.807, 2.05) is 32.0 Å². The second kappa shape index (κ2) is 6.79. The fourth-order valence-electron chi connectivity index (χ4n) is 2.78. The van der Waals surface area contributed by atoms with Gasteiger partial charge in [0.25, 0.3) is 0 Å². The zero-order valence-corrected chi connectivity index (χ0v) is 14.2. The minimum absolute atomic E-state index is 0.0818. The van der Waals surface area contributed by atoms with Gasteiger partial charge < -0.3 is 5.32 Å². The van der Waals surface area contributed by atoms with Crippen LogP contribution in [-0.2, 0) is 14.8 Å². The van der Waals surface area contributed by atoms with Gasteiger partial charge in [0.1, 0.15) is 0 Å². The van der Waals surface area contributed by atoms with E-state index < -0.39 is 10.0 Å². The van der Waals surface area contributed by atoms with Crippen molar-refractivity contribution < 1.29 is 13.2 Å². The summed E-state index contributed by atoms with van der Waals surface area (Å²) >= 11 is 0. The highest BCUT2D eigenvalue weighted by Crippen LogP contribution is 2.22. The first-order valence-electron chi connectivity index (χ1n) is 7.69. The van der Waals surface area contributed by atoms with Crippen LogP contribution in [-0.4, -0.2) is 37.5 Å². The number of carbonyl (C=O) groups excluding carboxylic acids is 1. The summed E-state index contributed by atoms with van der Waals surface area (Å²) in [6.45, 7) is 6.40. The summed E-state index contributed by atoms with van der Waals surface area (Å²) in [5, 5.41) is 2.94. The van der Waals surface area contributed by atoms with Crippen LogP contribution in [0.2, 0.25) is 0 Å². The lowest BCUT2D eigenvalue weighted by Gasteiger charge is -2.31. The maximum absolute atomic E-state index is 12.4. The predicted octanol–water partition coefficient (Wildman–Crippen LogP) is 2.30. The van der Waals surface area contributed by atoms with E-state index in [1.165, 1.54) is 4.31 Å². The molecule has 1 heterocycles. The maximum Gasteiger partial charge on any atom is 0.228 e. The molecular formula is C16H24N2O3S. The third-order valence-electron chi connectivity index (χ3n) is 4.15. The summed E-state index contributed by atoms with van der Waals surface area (Å²) in [5.74, 6) is -0.294. The second-order valence-electron chi connectivity index (χ2n) is 5.91. The minimum atomic E-state index is -3.22. The first kappa shape index (κ1) is 17.0. The average molecular weight is 324 g/mol. The third kappa shape index (κ3) is 3.87. The lowest BCUT2D eigenvalue weighted by molar-refractivity contribution is -0.120. The molecule has 1 amide bonds. The molecule has 1 aromatic carbocycles. The number of amides is 1. The first-order valence-corrected chi connectivity index (χ1v) is 9.30. The molecule has 6 heteroatoms. The molecule has 1 aliphatic heterocycles. The lowest BCUT2D eigenvalue weighted by atomic mass is 9.98. The van der Waals surface area contributed by atoms with Crippen molar-refractivity contribution in [1.82, 2.24) is 4.31 Å². The van der Waals surface area contributed by atoms with Gasteiger partial charge in [-0.3, -0.25) is 4.79 Å². The molecule has 1 fully saturated rings. The van der Waals surface area contributed by atoms with Crippen molar-refractivity contribution in [2.45, 2.75) is 33.6 Å². The Balaban J connectivity index is 2.06. The Bertz CT molecular complexity index is 655. The molecule has 5 nitrogen and oxygen atoms in total. The van der Waals surface area contributed by atoms with Crippen LogP contribution in [0.5, 0.6) is 0 Å². The van der Waals surface area contributed by atoms with Crippen molar-refractivity contribution >= 4 is 21.6 Å². The van der Waals surface area contributed by atoms with E-state index in [1.54, 1.807) is 6.92 Å². The number of aryl methyl sites for hydroxylation is 2. The smallest absolute Gasteiger partial charge is 0.228 e. The van der Waals surface area contributed by atoms with Gasteiger partial charge in [-0.2, -0.15) is 0 Å². The predicted molar refractivity (Wildman–Crippen MR) is 88.3 cm³/mol. The number of nitrogens with one attached hydrogen (secondary N) is 1. The van der Waals surface area contributed by atoms with E-state index >= 15 is 0 Å². The van der Waals surface area contributed by atoms with E-state index in [2.05, 4.69) is 5.32 Å². The molecule has 0 spiro atoms. The normalized spacial score (nSPS) is 19.9. The molecule has 0 aliphatic carbocycles. The Labute approximate surface area is 132 Å². The van der Waals surface area contributed by atoms with Crippen molar-refractivity contribution in [2.75, 3.05) is 24.2 Å². The summed E-state index contributed by atoms with van der Waals surface area (Å²) in [4.78, 5) is 12.4. The number of nitrogens with zero attached hydrogens (tertiary/aromatic N) is 1. The van der Waals surface area contributed by atoms with Crippen LogP contribution in [0.4, 0.5) is 5.69 Å². The molecule has 0 saturated carbocycles. The Morgan fingerprint density at radius 2 is 2.09 bits per heavy atom. The van der Waals surface area contributed by atoms with Crippen molar-refractivity contribution in [3.05, 3.63) is 29.3 Å². The number of rotatable bonds is 4. The van der Waals surface area contributed by atoms with E-state index in [4.69, 9.17) is 0 Å². The fourth-order valence-corrected chi connectivity index (χ4v) is 3.96. The second-order valence-corrected chi connectivity index (χ2v) is 8.16. The molecule has 122 valence electrons. The van der Waals surface area contributed by atoms with Gasteiger partial charge in [-0.1, -0.05) is 17.7 Å². The zero-order chi connectivity index (χ0) is 16.3. The molecule has 0 bridgehead atoms. The molecule has 1 aromatic rings. The van der Waals surface area contributed by atoms with Crippen molar-refractivity contribution in [1.29, 1.82) is 0 Å². The van der Waals surface area contributed by atoms with Crippen LogP contribution < -0.4 is 5.32 Å². The number of carbonyl (C=O) groups is 1. The Morgan fingerprint density at radius 1 is 1.36 bits per heavy atom. The van der Waals surface area contributed by atoms with Gasteiger partial charge in [0.15, 0.2) is 0 Å². The van der Waals surface area contributed by atoms with Gasteiger partial charge in [-0.15, -0.1) is 0 Å². The van der Waals surface area contributed by atoms with E-state index in [0.29, 0.717) is 6.54 Å². The number of sulfonamides is 1. The van der Waals surface area contributed by atoms with E-state index in [0.717, 1.165) is 29.7 Å². The van der Waals surface area contributed by atoms with Crippen LogP contribution in [0.3, 0.4) is 0 Å². The molecule has 2 rings (SSSR count). The van der Waals surface area contributed by atoms with Crippen LogP contribution >= 0.6 is 0 Å². The number of hydrogen-bond donors (Lipinski definition) is 1. The topological polar surface area (TPSA) is 66.5 Å². The summed E-state index contributed by atoms with van der Waals surface area (Å²) in [6, 6.07) is 5.87. The summed E-state index contributed by atoms with van der Waals surface area (Å²) in [7, 11) is -3.22. The molecule has 1 atom stereocenters. The molecular weight excluding hydrogens is 300 g/mol. The van der Waals surface area contributed by atoms with Crippen molar-refractivity contribution in [3.63, 3.8) is 0 Å². The summed E-state index contributed by atoms with van der Waals surface area (Å²) in [5.41, 5.74) is 2.96. The van der Waals surface area contributed by atoms with Crippen LogP contribution in [0.1, 0.15) is 30.9 Å². The van der Waals surface area contributed by atoms with Gasteiger partial charge in [-0.25, -0.2) is 12.7 Å². The Hall–Kier alpha value is -1.40. The highest BCUT2D eigenvalue weighted by atomic mass is 32.2. The molecule has 0 radical (unpaired) electrons. The van der Waals surface area contributed by atoms with E-state index in [-0.39, 0.29) is 24.1 Å². The summed E-state index contributed by atoms with van der Waals surface area (Å²) in [6.07, 6.45) is 1.46. The largest absolute Gasteiger partial charge is 0.326 e. The first-order chi connectivity index (χ1) is 10.3. The van der Waals surface area contributed by atoms with Crippen LogP contribution in [0.15, 0.2) is 18.2 Å². The summed E-state index contributed by atoms with van der Waals surface area (Å²) < 4.78 is 25.4. The molecule has 22 heavy (non-hydrogen) atoms. The molecule has 1 N–H and O–H groups in total.